The number of hydrogen-bond acceptors (Lipinski definition) is 2. The molecule has 2 aromatic carbocycles. The average Bonchev–Trinajstić information content (AvgIpc) is 2.29. The molecule has 17 heavy (non-hydrogen) atoms. The Morgan fingerprint density at radius 1 is 1.00 bits per heavy atom. The van der Waals surface area contributed by atoms with E-state index in [0.717, 1.165) is 32.8 Å². The second-order valence-electron chi connectivity index (χ2n) is 4.03. The highest BCUT2D eigenvalue weighted by Crippen LogP contribution is 2.29. The van der Waals surface area contributed by atoms with Gasteiger partial charge in [0.2, 0.25) is 0 Å². The molecule has 0 heterocycles. The van der Waals surface area contributed by atoms with E-state index in [4.69, 9.17) is 10.5 Å². The van der Waals surface area contributed by atoms with E-state index in [1.165, 1.54) is 0 Å². The van der Waals surface area contributed by atoms with Crippen molar-refractivity contribution >= 4 is 21.6 Å². The van der Waals surface area contributed by atoms with E-state index in [2.05, 4.69) is 15.9 Å². The molecule has 0 aliphatic rings. The molecule has 88 valence electrons. The van der Waals surface area contributed by atoms with Crippen molar-refractivity contribution in [2.45, 2.75) is 13.8 Å². The maximum absolute atomic E-state index is 5.84. The van der Waals surface area contributed by atoms with E-state index < -0.39 is 0 Å². The van der Waals surface area contributed by atoms with Gasteiger partial charge in [-0.2, -0.15) is 0 Å². The smallest absolute Gasteiger partial charge is 0.130 e. The molecule has 0 saturated heterocycles. The molecule has 0 aromatic heterocycles. The molecule has 2 aromatic rings. The van der Waals surface area contributed by atoms with Crippen molar-refractivity contribution in [3.8, 4) is 11.5 Å². The van der Waals surface area contributed by atoms with Crippen LogP contribution in [0.15, 0.2) is 40.9 Å². The molecule has 0 unspecified atom stereocenters. The second-order valence-corrected chi connectivity index (χ2v) is 4.95. The molecule has 0 bridgehead atoms. The first-order chi connectivity index (χ1) is 8.06. The standard InChI is InChI=1S/C14H14BrNO/c1-9-8-14(10(2)7-13(9)16)17-12-5-3-11(15)4-6-12/h3-8H,16H2,1-2H3. The lowest BCUT2D eigenvalue weighted by Crippen LogP contribution is -1.94. The maximum Gasteiger partial charge on any atom is 0.130 e. The average molecular weight is 292 g/mol. The highest BCUT2D eigenvalue weighted by atomic mass is 79.9. The predicted octanol–water partition coefficient (Wildman–Crippen LogP) is 4.44. The molecule has 0 fully saturated rings. The summed E-state index contributed by atoms with van der Waals surface area (Å²) < 4.78 is 6.86. The summed E-state index contributed by atoms with van der Waals surface area (Å²) in [6.07, 6.45) is 0. The van der Waals surface area contributed by atoms with Crippen molar-refractivity contribution in [3.63, 3.8) is 0 Å². The zero-order valence-corrected chi connectivity index (χ0v) is 11.4. The lowest BCUT2D eigenvalue weighted by atomic mass is 10.1. The van der Waals surface area contributed by atoms with Gasteiger partial charge < -0.3 is 10.5 Å². The molecule has 2 nitrogen and oxygen atoms in total. The molecular weight excluding hydrogens is 278 g/mol. The highest BCUT2D eigenvalue weighted by Gasteiger charge is 2.04. The molecule has 0 amide bonds. The van der Waals surface area contributed by atoms with Gasteiger partial charge in [-0.1, -0.05) is 15.9 Å². The van der Waals surface area contributed by atoms with E-state index >= 15 is 0 Å². The van der Waals surface area contributed by atoms with E-state index in [1.54, 1.807) is 0 Å². The highest BCUT2D eigenvalue weighted by molar-refractivity contribution is 9.10. The van der Waals surface area contributed by atoms with E-state index in [9.17, 15) is 0 Å². The summed E-state index contributed by atoms with van der Waals surface area (Å²) >= 11 is 3.39. The topological polar surface area (TPSA) is 35.2 Å². The van der Waals surface area contributed by atoms with Crippen molar-refractivity contribution in [3.05, 3.63) is 52.0 Å². The molecule has 2 rings (SSSR count). The number of benzene rings is 2. The van der Waals surface area contributed by atoms with E-state index in [-0.39, 0.29) is 0 Å². The third kappa shape index (κ3) is 2.80. The van der Waals surface area contributed by atoms with Crippen molar-refractivity contribution in [2.75, 3.05) is 5.73 Å². The quantitative estimate of drug-likeness (QED) is 0.830. The predicted molar refractivity (Wildman–Crippen MR) is 74.5 cm³/mol. The molecule has 3 heteroatoms. The Labute approximate surface area is 110 Å². The Bertz CT molecular complexity index is 535. The molecule has 0 atom stereocenters. The van der Waals surface area contributed by atoms with Gasteiger partial charge in [0.25, 0.3) is 0 Å². The van der Waals surface area contributed by atoms with Gasteiger partial charge >= 0.3 is 0 Å². The van der Waals surface area contributed by atoms with Gasteiger partial charge in [0.15, 0.2) is 0 Å². The number of nitrogens with two attached hydrogens (primary N) is 1. The van der Waals surface area contributed by atoms with Crippen molar-refractivity contribution in [1.29, 1.82) is 0 Å². The Morgan fingerprint density at radius 2 is 1.65 bits per heavy atom. The SMILES string of the molecule is Cc1cc(Oc2ccc(Br)cc2)c(C)cc1N. The normalized spacial score (nSPS) is 10.3. The van der Waals surface area contributed by atoms with Crippen LogP contribution in [0, 0.1) is 13.8 Å². The van der Waals surface area contributed by atoms with Crippen LogP contribution in [0.5, 0.6) is 11.5 Å². The number of anilines is 1. The summed E-state index contributed by atoms with van der Waals surface area (Å²) in [5.74, 6) is 1.67. The fourth-order valence-corrected chi connectivity index (χ4v) is 1.82. The van der Waals surface area contributed by atoms with Crippen LogP contribution >= 0.6 is 15.9 Å². The van der Waals surface area contributed by atoms with Crippen LogP contribution in [-0.4, -0.2) is 0 Å². The summed E-state index contributed by atoms with van der Waals surface area (Å²) in [5, 5.41) is 0. The van der Waals surface area contributed by atoms with Crippen molar-refractivity contribution in [1.82, 2.24) is 0 Å². The van der Waals surface area contributed by atoms with Crippen LogP contribution in [0.25, 0.3) is 0 Å². The Morgan fingerprint density at radius 3 is 2.29 bits per heavy atom. The largest absolute Gasteiger partial charge is 0.457 e. The number of nitrogen functional groups attached to an aromatic ring is 1. The summed E-state index contributed by atoms with van der Waals surface area (Å²) in [6.45, 7) is 3.97. The minimum absolute atomic E-state index is 0.797. The van der Waals surface area contributed by atoms with Crippen LogP contribution in [0.2, 0.25) is 0 Å². The van der Waals surface area contributed by atoms with Crippen LogP contribution in [0.3, 0.4) is 0 Å². The number of rotatable bonds is 2. The first-order valence-corrected chi connectivity index (χ1v) is 6.15. The van der Waals surface area contributed by atoms with Crippen LogP contribution in [0.1, 0.15) is 11.1 Å². The Hall–Kier alpha value is -1.48. The van der Waals surface area contributed by atoms with Gasteiger partial charge in [-0.15, -0.1) is 0 Å². The third-order valence-corrected chi connectivity index (χ3v) is 3.13. The lowest BCUT2D eigenvalue weighted by molar-refractivity contribution is 0.478. The van der Waals surface area contributed by atoms with Gasteiger partial charge in [-0.25, -0.2) is 0 Å². The summed E-state index contributed by atoms with van der Waals surface area (Å²) in [4.78, 5) is 0. The Balaban J connectivity index is 2.30. The first kappa shape index (κ1) is 12.0. The molecule has 0 spiro atoms. The minimum Gasteiger partial charge on any atom is -0.457 e. The maximum atomic E-state index is 5.84. The van der Waals surface area contributed by atoms with Crippen LogP contribution < -0.4 is 10.5 Å². The number of hydrogen-bond donors (Lipinski definition) is 1. The fourth-order valence-electron chi connectivity index (χ4n) is 1.55. The van der Waals surface area contributed by atoms with Gasteiger partial charge in [0, 0.05) is 10.2 Å². The number of ether oxygens (including phenoxy) is 1. The molecule has 0 saturated carbocycles. The summed E-state index contributed by atoms with van der Waals surface area (Å²) in [5.41, 5.74) is 8.71. The van der Waals surface area contributed by atoms with Crippen LogP contribution in [-0.2, 0) is 0 Å². The van der Waals surface area contributed by atoms with E-state index in [1.807, 2.05) is 50.2 Å². The van der Waals surface area contributed by atoms with Crippen molar-refractivity contribution < 1.29 is 4.74 Å². The fraction of sp³-hybridized carbons (Fsp3) is 0.143. The van der Waals surface area contributed by atoms with Gasteiger partial charge in [-0.05, 0) is 61.4 Å². The monoisotopic (exact) mass is 291 g/mol. The van der Waals surface area contributed by atoms with Gasteiger partial charge in [0.1, 0.15) is 11.5 Å². The Kier molecular flexibility index (Phi) is 3.38. The molecular formula is C14H14BrNO. The zero-order valence-electron chi connectivity index (χ0n) is 9.83. The summed E-state index contributed by atoms with van der Waals surface area (Å²) in [7, 11) is 0. The molecule has 0 radical (unpaired) electrons. The van der Waals surface area contributed by atoms with Gasteiger partial charge in [0.05, 0.1) is 0 Å². The van der Waals surface area contributed by atoms with Crippen molar-refractivity contribution in [2.24, 2.45) is 0 Å². The second kappa shape index (κ2) is 4.80. The van der Waals surface area contributed by atoms with Gasteiger partial charge in [-0.3, -0.25) is 0 Å². The first-order valence-electron chi connectivity index (χ1n) is 5.36. The number of aryl methyl sites for hydroxylation is 2. The third-order valence-electron chi connectivity index (χ3n) is 2.61. The summed E-state index contributed by atoms with van der Waals surface area (Å²) in [6, 6.07) is 11.7. The lowest BCUT2D eigenvalue weighted by Gasteiger charge is -2.11. The van der Waals surface area contributed by atoms with Crippen LogP contribution in [0.4, 0.5) is 5.69 Å². The molecule has 0 aliphatic carbocycles. The molecule has 0 aliphatic heterocycles. The zero-order chi connectivity index (χ0) is 12.4. The van der Waals surface area contributed by atoms with E-state index in [0.29, 0.717) is 0 Å². The number of halogens is 1. The minimum atomic E-state index is 0.797. The molecule has 2 N–H and O–H groups in total.